The van der Waals surface area contributed by atoms with E-state index in [9.17, 15) is 9.59 Å². The van der Waals surface area contributed by atoms with Gasteiger partial charge in [0.15, 0.2) is 0 Å². The molecule has 1 aromatic rings. The molecule has 24 heavy (non-hydrogen) atoms. The highest BCUT2D eigenvalue weighted by molar-refractivity contribution is 6.31. The molecule has 0 saturated carbocycles. The van der Waals surface area contributed by atoms with Crippen LogP contribution in [0.1, 0.15) is 12.5 Å². The number of piperazine rings is 1. The van der Waals surface area contributed by atoms with Gasteiger partial charge in [-0.05, 0) is 25.1 Å². The van der Waals surface area contributed by atoms with Crippen LogP contribution in [0.4, 0.5) is 10.5 Å². The Morgan fingerprint density at radius 1 is 1.33 bits per heavy atom. The van der Waals surface area contributed by atoms with E-state index in [1.807, 2.05) is 11.0 Å². The van der Waals surface area contributed by atoms with E-state index >= 15 is 0 Å². The zero-order chi connectivity index (χ0) is 17.5. The lowest BCUT2D eigenvalue weighted by Gasteiger charge is -2.33. The van der Waals surface area contributed by atoms with Gasteiger partial charge in [0.1, 0.15) is 6.07 Å². The molecule has 7 nitrogen and oxygen atoms in total. The topological polar surface area (TPSA) is 85.7 Å². The summed E-state index contributed by atoms with van der Waals surface area (Å²) in [5.74, 6) is -0.224. The van der Waals surface area contributed by atoms with Gasteiger partial charge in [0.2, 0.25) is 5.91 Å². The Hall–Kier alpha value is -2.30. The monoisotopic (exact) mass is 350 g/mol. The Balaban J connectivity index is 1.85. The van der Waals surface area contributed by atoms with Gasteiger partial charge in [0.05, 0.1) is 24.4 Å². The lowest BCUT2D eigenvalue weighted by Crippen LogP contribution is -2.50. The predicted octanol–water partition coefficient (Wildman–Crippen LogP) is 1.92. The van der Waals surface area contributed by atoms with Gasteiger partial charge < -0.3 is 15.0 Å². The molecule has 2 amide bonds. The summed E-state index contributed by atoms with van der Waals surface area (Å²) in [5, 5.41) is 12.2. The molecular formula is C16H19ClN4O3. The minimum absolute atomic E-state index is 0.189. The van der Waals surface area contributed by atoms with Crippen LogP contribution in [0.5, 0.6) is 0 Å². The zero-order valence-corrected chi connectivity index (χ0v) is 14.2. The second-order valence-electron chi connectivity index (χ2n) is 5.31. The number of carbonyl (C=O) groups excluding carboxylic acids is 2. The molecule has 128 valence electrons. The molecule has 0 radical (unpaired) electrons. The van der Waals surface area contributed by atoms with Crippen LogP contribution < -0.4 is 5.32 Å². The van der Waals surface area contributed by atoms with E-state index in [1.165, 1.54) is 0 Å². The molecule has 2 rings (SSSR count). The molecule has 0 aliphatic carbocycles. The predicted molar refractivity (Wildman–Crippen MR) is 89.8 cm³/mol. The number of rotatable bonds is 4. The standard InChI is InChI=1S/C16H19ClN4O3/c1-2-24-16(23)21-7-5-20(6-8-21)11-15(22)19-14-9-13(17)4-3-12(14)10-18/h3-4,9H,2,5-8,11H2,1H3,(H,19,22). The van der Waals surface area contributed by atoms with Crippen LogP contribution in [0.15, 0.2) is 18.2 Å². The number of benzene rings is 1. The maximum atomic E-state index is 12.2. The van der Waals surface area contributed by atoms with Crippen LogP contribution in [0.3, 0.4) is 0 Å². The van der Waals surface area contributed by atoms with Crippen molar-refractivity contribution >= 4 is 29.3 Å². The number of nitrogens with zero attached hydrogens (tertiary/aromatic N) is 3. The molecule has 1 heterocycles. The highest BCUT2D eigenvalue weighted by Crippen LogP contribution is 2.20. The fourth-order valence-electron chi connectivity index (χ4n) is 2.41. The van der Waals surface area contributed by atoms with Gasteiger partial charge in [0.25, 0.3) is 0 Å². The van der Waals surface area contributed by atoms with Crippen molar-refractivity contribution in [2.45, 2.75) is 6.92 Å². The van der Waals surface area contributed by atoms with Crippen molar-refractivity contribution in [2.24, 2.45) is 0 Å². The summed E-state index contributed by atoms with van der Waals surface area (Å²) in [7, 11) is 0. The number of halogens is 1. The SMILES string of the molecule is CCOC(=O)N1CCN(CC(=O)Nc2cc(Cl)ccc2C#N)CC1. The second kappa shape index (κ2) is 8.52. The summed E-state index contributed by atoms with van der Waals surface area (Å²) in [5.41, 5.74) is 0.764. The smallest absolute Gasteiger partial charge is 0.409 e. The number of hydrogen-bond donors (Lipinski definition) is 1. The zero-order valence-electron chi connectivity index (χ0n) is 13.4. The first-order valence-electron chi connectivity index (χ1n) is 7.67. The fraction of sp³-hybridized carbons (Fsp3) is 0.438. The third-order valence-corrected chi connectivity index (χ3v) is 3.88. The van der Waals surface area contributed by atoms with Crippen molar-refractivity contribution in [3.8, 4) is 6.07 Å². The molecule has 8 heteroatoms. The summed E-state index contributed by atoms with van der Waals surface area (Å²) in [6.45, 7) is 4.53. The van der Waals surface area contributed by atoms with E-state index < -0.39 is 0 Å². The van der Waals surface area contributed by atoms with Crippen molar-refractivity contribution in [2.75, 3.05) is 44.6 Å². The molecule has 1 aromatic carbocycles. The van der Waals surface area contributed by atoms with Crippen molar-refractivity contribution < 1.29 is 14.3 Å². The van der Waals surface area contributed by atoms with Gasteiger partial charge >= 0.3 is 6.09 Å². The Labute approximate surface area is 145 Å². The lowest BCUT2D eigenvalue weighted by molar-refractivity contribution is -0.117. The van der Waals surface area contributed by atoms with Gasteiger partial charge in [-0.2, -0.15) is 5.26 Å². The highest BCUT2D eigenvalue weighted by atomic mass is 35.5. The van der Waals surface area contributed by atoms with Crippen LogP contribution >= 0.6 is 11.6 Å². The van der Waals surface area contributed by atoms with E-state index in [4.69, 9.17) is 21.6 Å². The summed E-state index contributed by atoms with van der Waals surface area (Å²) >= 11 is 5.90. The van der Waals surface area contributed by atoms with Gasteiger partial charge in [0, 0.05) is 31.2 Å². The minimum Gasteiger partial charge on any atom is -0.450 e. The number of nitriles is 1. The van der Waals surface area contributed by atoms with Gasteiger partial charge in [-0.3, -0.25) is 9.69 Å². The molecule has 0 atom stereocenters. The van der Waals surface area contributed by atoms with Gasteiger partial charge in [-0.1, -0.05) is 11.6 Å². The molecule has 1 N–H and O–H groups in total. The average molecular weight is 351 g/mol. The molecule has 1 saturated heterocycles. The number of amides is 2. The highest BCUT2D eigenvalue weighted by Gasteiger charge is 2.23. The van der Waals surface area contributed by atoms with Crippen LogP contribution in [0.2, 0.25) is 5.02 Å². The van der Waals surface area contributed by atoms with Crippen molar-refractivity contribution in [3.05, 3.63) is 28.8 Å². The molecule has 1 aliphatic heterocycles. The fourth-order valence-corrected chi connectivity index (χ4v) is 2.59. The summed E-state index contributed by atoms with van der Waals surface area (Å²) in [4.78, 5) is 27.4. The number of nitrogens with one attached hydrogen (secondary N) is 1. The first-order chi connectivity index (χ1) is 11.5. The van der Waals surface area contributed by atoms with Crippen LogP contribution in [-0.4, -0.2) is 61.1 Å². The van der Waals surface area contributed by atoms with Crippen molar-refractivity contribution in [1.29, 1.82) is 5.26 Å². The maximum Gasteiger partial charge on any atom is 0.409 e. The molecule has 0 bridgehead atoms. The van der Waals surface area contributed by atoms with Crippen molar-refractivity contribution in [1.82, 2.24) is 9.80 Å². The van der Waals surface area contributed by atoms with E-state index in [0.717, 1.165) is 0 Å². The Morgan fingerprint density at radius 3 is 2.67 bits per heavy atom. The largest absolute Gasteiger partial charge is 0.450 e. The van der Waals surface area contributed by atoms with E-state index in [2.05, 4.69) is 5.32 Å². The first kappa shape index (κ1) is 18.0. The normalized spacial score (nSPS) is 14.8. The van der Waals surface area contributed by atoms with Gasteiger partial charge in [-0.15, -0.1) is 0 Å². The molecule has 1 fully saturated rings. The average Bonchev–Trinajstić information content (AvgIpc) is 2.56. The van der Waals surface area contributed by atoms with E-state index in [1.54, 1.807) is 30.0 Å². The Morgan fingerprint density at radius 2 is 2.04 bits per heavy atom. The maximum absolute atomic E-state index is 12.2. The minimum atomic E-state index is -0.320. The summed E-state index contributed by atoms with van der Waals surface area (Å²) in [6, 6.07) is 6.74. The summed E-state index contributed by atoms with van der Waals surface area (Å²) in [6.07, 6.45) is -0.320. The van der Waals surface area contributed by atoms with E-state index in [-0.39, 0.29) is 18.5 Å². The Kier molecular flexibility index (Phi) is 6.41. The van der Waals surface area contributed by atoms with Crippen LogP contribution in [-0.2, 0) is 9.53 Å². The Bertz CT molecular complexity index is 651. The van der Waals surface area contributed by atoms with E-state index in [0.29, 0.717) is 49.1 Å². The number of anilines is 1. The third-order valence-electron chi connectivity index (χ3n) is 3.64. The molecule has 0 aromatic heterocycles. The van der Waals surface area contributed by atoms with Gasteiger partial charge in [-0.25, -0.2) is 4.79 Å². The molecular weight excluding hydrogens is 332 g/mol. The van der Waals surface area contributed by atoms with Crippen LogP contribution in [0, 0.1) is 11.3 Å². The number of ether oxygens (including phenoxy) is 1. The molecule has 0 unspecified atom stereocenters. The van der Waals surface area contributed by atoms with Crippen LogP contribution in [0.25, 0.3) is 0 Å². The lowest BCUT2D eigenvalue weighted by atomic mass is 10.2. The van der Waals surface area contributed by atoms with Crippen molar-refractivity contribution in [3.63, 3.8) is 0 Å². The second-order valence-corrected chi connectivity index (χ2v) is 5.75. The first-order valence-corrected chi connectivity index (χ1v) is 8.05. The third kappa shape index (κ3) is 4.85. The number of hydrogen-bond acceptors (Lipinski definition) is 5. The quantitative estimate of drug-likeness (QED) is 0.896. The summed E-state index contributed by atoms with van der Waals surface area (Å²) < 4.78 is 4.96. The number of carbonyl (C=O) groups is 2. The molecule has 1 aliphatic rings. The molecule has 0 spiro atoms.